The SMILES string of the molecule is C=CCCCCCOS(=O)(=O)CC(C)O.[H-].[Na+]. The second-order valence-corrected chi connectivity index (χ2v) is 5.22. The molecular formula is C10H21NaO4S. The van der Waals surface area contributed by atoms with E-state index in [1.807, 2.05) is 6.08 Å². The van der Waals surface area contributed by atoms with Crippen molar-refractivity contribution in [1.82, 2.24) is 0 Å². The van der Waals surface area contributed by atoms with Crippen LogP contribution in [0.3, 0.4) is 0 Å². The van der Waals surface area contributed by atoms with Gasteiger partial charge in [-0.2, -0.15) is 8.42 Å². The molecule has 0 aromatic heterocycles. The summed E-state index contributed by atoms with van der Waals surface area (Å²) in [6, 6.07) is 0. The zero-order chi connectivity index (χ0) is 11.7. The van der Waals surface area contributed by atoms with E-state index in [0.29, 0.717) is 6.42 Å². The summed E-state index contributed by atoms with van der Waals surface area (Å²) in [5.74, 6) is -0.334. The topological polar surface area (TPSA) is 63.6 Å². The van der Waals surface area contributed by atoms with E-state index >= 15 is 0 Å². The smallest absolute Gasteiger partial charge is 1.00 e. The number of aliphatic hydroxyl groups excluding tert-OH is 1. The van der Waals surface area contributed by atoms with Crippen LogP contribution < -0.4 is 29.6 Å². The van der Waals surface area contributed by atoms with Crippen molar-refractivity contribution in [3.8, 4) is 0 Å². The fourth-order valence-corrected chi connectivity index (χ4v) is 2.16. The first-order valence-corrected chi connectivity index (χ1v) is 6.71. The number of unbranched alkanes of at least 4 members (excludes halogenated alkanes) is 3. The van der Waals surface area contributed by atoms with Crippen LogP contribution in [0.4, 0.5) is 0 Å². The monoisotopic (exact) mass is 260 g/mol. The summed E-state index contributed by atoms with van der Waals surface area (Å²) in [6.45, 7) is 5.22. The van der Waals surface area contributed by atoms with E-state index < -0.39 is 16.2 Å². The Labute approximate surface area is 122 Å². The molecule has 0 spiro atoms. The Morgan fingerprint density at radius 3 is 2.56 bits per heavy atom. The molecule has 6 heteroatoms. The maximum Gasteiger partial charge on any atom is 1.00 e. The van der Waals surface area contributed by atoms with Gasteiger partial charge in [-0.25, -0.2) is 0 Å². The van der Waals surface area contributed by atoms with Crippen LogP contribution in [0.5, 0.6) is 0 Å². The van der Waals surface area contributed by atoms with Crippen molar-refractivity contribution in [3.05, 3.63) is 12.7 Å². The molecule has 4 nitrogen and oxygen atoms in total. The number of aliphatic hydroxyl groups is 1. The van der Waals surface area contributed by atoms with Crippen molar-refractivity contribution in [1.29, 1.82) is 0 Å². The van der Waals surface area contributed by atoms with Crippen molar-refractivity contribution >= 4 is 10.1 Å². The Hall–Kier alpha value is 0.610. The van der Waals surface area contributed by atoms with Crippen LogP contribution in [0.25, 0.3) is 0 Å². The van der Waals surface area contributed by atoms with E-state index in [0.717, 1.165) is 19.3 Å². The maximum absolute atomic E-state index is 11.1. The van der Waals surface area contributed by atoms with Crippen LogP contribution in [0.2, 0.25) is 0 Å². The predicted octanol–water partition coefficient (Wildman–Crippen LogP) is -1.42. The molecule has 0 rings (SSSR count). The van der Waals surface area contributed by atoms with E-state index in [1.54, 1.807) is 0 Å². The molecule has 0 saturated heterocycles. The van der Waals surface area contributed by atoms with Crippen LogP contribution in [-0.2, 0) is 14.3 Å². The molecule has 0 bridgehead atoms. The summed E-state index contributed by atoms with van der Waals surface area (Å²) in [6.07, 6.45) is 4.55. The van der Waals surface area contributed by atoms with Gasteiger partial charge in [0, 0.05) is 0 Å². The van der Waals surface area contributed by atoms with Gasteiger partial charge in [0.2, 0.25) is 0 Å². The Balaban J connectivity index is -0.000000980. The van der Waals surface area contributed by atoms with Gasteiger partial charge in [-0.15, -0.1) is 6.58 Å². The van der Waals surface area contributed by atoms with Gasteiger partial charge in [0.05, 0.1) is 12.7 Å². The van der Waals surface area contributed by atoms with Crippen LogP contribution in [-0.4, -0.2) is 32.0 Å². The average molecular weight is 260 g/mol. The number of hydrogen-bond donors (Lipinski definition) is 1. The maximum atomic E-state index is 11.1. The number of allylic oxidation sites excluding steroid dienone is 1. The summed E-state index contributed by atoms with van der Waals surface area (Å²) in [7, 11) is -3.54. The summed E-state index contributed by atoms with van der Waals surface area (Å²) in [5.41, 5.74) is 0. The zero-order valence-corrected chi connectivity index (χ0v) is 13.0. The minimum atomic E-state index is -3.54. The third-order valence-electron chi connectivity index (χ3n) is 1.76. The Morgan fingerprint density at radius 2 is 2.06 bits per heavy atom. The number of rotatable bonds is 9. The molecule has 16 heavy (non-hydrogen) atoms. The Morgan fingerprint density at radius 1 is 1.44 bits per heavy atom. The standard InChI is InChI=1S/C10H20O4S.Na.H/c1-3-4-5-6-7-8-14-15(12,13)9-10(2)11;;/h3,10-11H,1,4-9H2,2H3;;/q;+1;-1. The molecule has 0 aromatic rings. The van der Waals surface area contributed by atoms with Gasteiger partial charge < -0.3 is 6.53 Å². The van der Waals surface area contributed by atoms with Crippen LogP contribution in [0.1, 0.15) is 34.0 Å². The van der Waals surface area contributed by atoms with Crippen molar-refractivity contribution in [2.24, 2.45) is 0 Å². The van der Waals surface area contributed by atoms with Crippen molar-refractivity contribution in [2.45, 2.75) is 38.7 Å². The molecule has 92 valence electrons. The largest absolute Gasteiger partial charge is 1.00 e. The first-order chi connectivity index (χ1) is 6.98. The summed E-state index contributed by atoms with van der Waals surface area (Å²) in [5, 5.41) is 8.89. The molecule has 0 fully saturated rings. The summed E-state index contributed by atoms with van der Waals surface area (Å²) >= 11 is 0. The molecule has 0 heterocycles. The van der Waals surface area contributed by atoms with Gasteiger partial charge >= 0.3 is 29.6 Å². The average Bonchev–Trinajstić information content (AvgIpc) is 2.08. The fraction of sp³-hybridized carbons (Fsp3) is 0.800. The summed E-state index contributed by atoms with van der Waals surface area (Å²) in [4.78, 5) is 0. The van der Waals surface area contributed by atoms with Gasteiger partial charge in [0.1, 0.15) is 5.75 Å². The van der Waals surface area contributed by atoms with E-state index in [4.69, 9.17) is 9.29 Å². The van der Waals surface area contributed by atoms with E-state index in [9.17, 15) is 8.42 Å². The normalized spacial score (nSPS) is 12.9. The molecule has 0 aliphatic carbocycles. The number of hydrogen-bond acceptors (Lipinski definition) is 4. The van der Waals surface area contributed by atoms with Crippen LogP contribution >= 0.6 is 0 Å². The summed E-state index contributed by atoms with van der Waals surface area (Å²) < 4.78 is 27.0. The Kier molecular flexibility index (Phi) is 12.7. The molecule has 0 saturated carbocycles. The van der Waals surface area contributed by atoms with E-state index in [1.165, 1.54) is 6.92 Å². The van der Waals surface area contributed by atoms with Gasteiger partial charge in [0.15, 0.2) is 0 Å². The van der Waals surface area contributed by atoms with Gasteiger partial charge in [0.25, 0.3) is 10.1 Å². The molecule has 0 amide bonds. The molecule has 0 aliphatic rings. The molecule has 1 unspecified atom stereocenters. The molecule has 1 atom stereocenters. The third-order valence-corrected chi connectivity index (χ3v) is 3.18. The first-order valence-electron chi connectivity index (χ1n) is 5.14. The van der Waals surface area contributed by atoms with Crippen molar-refractivity contribution < 1.29 is 48.7 Å². The molecule has 0 aromatic carbocycles. The zero-order valence-electron chi connectivity index (χ0n) is 11.2. The predicted molar refractivity (Wildman–Crippen MR) is 61.2 cm³/mol. The molecule has 0 radical (unpaired) electrons. The minimum Gasteiger partial charge on any atom is -1.00 e. The molecule has 0 aliphatic heterocycles. The van der Waals surface area contributed by atoms with Crippen LogP contribution in [0, 0.1) is 0 Å². The molecular weight excluding hydrogens is 239 g/mol. The van der Waals surface area contributed by atoms with Gasteiger partial charge in [-0.1, -0.05) is 12.5 Å². The quantitative estimate of drug-likeness (QED) is 0.239. The van der Waals surface area contributed by atoms with E-state index in [-0.39, 0.29) is 43.3 Å². The first kappa shape index (κ1) is 19.0. The fourth-order valence-electron chi connectivity index (χ4n) is 1.10. The second-order valence-electron chi connectivity index (χ2n) is 3.53. The molecule has 1 N–H and O–H groups in total. The van der Waals surface area contributed by atoms with Crippen molar-refractivity contribution in [2.75, 3.05) is 12.4 Å². The van der Waals surface area contributed by atoms with Gasteiger partial charge in [-0.05, 0) is 26.2 Å². The van der Waals surface area contributed by atoms with Crippen molar-refractivity contribution in [3.63, 3.8) is 0 Å². The van der Waals surface area contributed by atoms with Gasteiger partial charge in [-0.3, -0.25) is 4.18 Å². The van der Waals surface area contributed by atoms with Crippen LogP contribution in [0.15, 0.2) is 12.7 Å². The minimum absolute atomic E-state index is 0. The Bertz CT molecular complexity index is 267. The van der Waals surface area contributed by atoms with E-state index in [2.05, 4.69) is 6.58 Å². The third kappa shape index (κ3) is 12.7. The second kappa shape index (κ2) is 10.7.